The van der Waals surface area contributed by atoms with Crippen LogP contribution in [0, 0.1) is 0 Å². The van der Waals surface area contributed by atoms with Crippen LogP contribution in [0.25, 0.3) is 0 Å². The second-order valence-electron chi connectivity index (χ2n) is 2.95. The first-order chi connectivity index (χ1) is 7.41. The van der Waals surface area contributed by atoms with Crippen LogP contribution in [0.3, 0.4) is 0 Å². The summed E-state index contributed by atoms with van der Waals surface area (Å²) in [7, 11) is 0. The van der Waals surface area contributed by atoms with Gasteiger partial charge in [0.05, 0.1) is 33.0 Å². The highest BCUT2D eigenvalue weighted by molar-refractivity contribution is 4.32. The van der Waals surface area contributed by atoms with Gasteiger partial charge in [0.15, 0.2) is 0 Å². The van der Waals surface area contributed by atoms with Crippen LogP contribution in [0.5, 0.6) is 0 Å². The molecular formula is C10H23NO4. The third-order valence-electron chi connectivity index (χ3n) is 1.52. The van der Waals surface area contributed by atoms with E-state index in [1.807, 2.05) is 0 Å². The standard InChI is InChI=1S/C10H23NO4/c1-2-4-12-6-8-14-10-15-9-7-13-5-3-11/h2-11H2,1H3. The van der Waals surface area contributed by atoms with Gasteiger partial charge < -0.3 is 24.7 Å². The van der Waals surface area contributed by atoms with E-state index in [9.17, 15) is 0 Å². The lowest BCUT2D eigenvalue weighted by atomic mass is 10.5. The molecule has 0 heterocycles. The zero-order chi connectivity index (χ0) is 11.2. The Labute approximate surface area is 91.8 Å². The second-order valence-corrected chi connectivity index (χ2v) is 2.95. The van der Waals surface area contributed by atoms with Crippen LogP contribution >= 0.6 is 0 Å². The van der Waals surface area contributed by atoms with Crippen molar-refractivity contribution in [3.05, 3.63) is 0 Å². The van der Waals surface area contributed by atoms with E-state index in [-0.39, 0.29) is 0 Å². The molecule has 0 aliphatic heterocycles. The fourth-order valence-corrected chi connectivity index (χ4v) is 0.844. The summed E-state index contributed by atoms with van der Waals surface area (Å²) >= 11 is 0. The molecule has 0 rings (SSSR count). The van der Waals surface area contributed by atoms with E-state index in [4.69, 9.17) is 24.7 Å². The Bertz CT molecular complexity index is 102. The van der Waals surface area contributed by atoms with Crippen LogP contribution in [0.15, 0.2) is 0 Å². The van der Waals surface area contributed by atoms with E-state index in [1.165, 1.54) is 0 Å². The summed E-state index contributed by atoms with van der Waals surface area (Å²) in [5, 5.41) is 0. The van der Waals surface area contributed by atoms with Gasteiger partial charge in [0.25, 0.3) is 0 Å². The van der Waals surface area contributed by atoms with Gasteiger partial charge in [0.2, 0.25) is 0 Å². The maximum absolute atomic E-state index is 5.24. The lowest BCUT2D eigenvalue weighted by Gasteiger charge is -2.06. The van der Waals surface area contributed by atoms with Crippen LogP contribution in [0.4, 0.5) is 0 Å². The fourth-order valence-electron chi connectivity index (χ4n) is 0.844. The van der Waals surface area contributed by atoms with Gasteiger partial charge in [0, 0.05) is 13.2 Å². The van der Waals surface area contributed by atoms with Gasteiger partial charge in [-0.3, -0.25) is 0 Å². The van der Waals surface area contributed by atoms with Crippen LogP contribution in [-0.4, -0.2) is 53.0 Å². The summed E-state index contributed by atoms with van der Waals surface area (Å²) in [6.07, 6.45) is 1.04. The van der Waals surface area contributed by atoms with E-state index < -0.39 is 0 Å². The molecule has 0 atom stereocenters. The number of ether oxygens (including phenoxy) is 4. The van der Waals surface area contributed by atoms with Crippen molar-refractivity contribution in [2.45, 2.75) is 13.3 Å². The molecule has 0 aromatic carbocycles. The summed E-state index contributed by atoms with van der Waals surface area (Å²) in [6.45, 7) is 6.58. The Morgan fingerprint density at radius 2 is 1.27 bits per heavy atom. The first kappa shape index (κ1) is 14.8. The molecule has 0 saturated heterocycles. The van der Waals surface area contributed by atoms with Crippen molar-refractivity contribution in [2.24, 2.45) is 5.73 Å². The van der Waals surface area contributed by atoms with Crippen molar-refractivity contribution in [1.82, 2.24) is 0 Å². The van der Waals surface area contributed by atoms with Crippen molar-refractivity contribution in [1.29, 1.82) is 0 Å². The molecule has 0 spiro atoms. The first-order valence-electron chi connectivity index (χ1n) is 5.42. The number of nitrogens with two attached hydrogens (primary N) is 1. The third kappa shape index (κ3) is 13.8. The number of hydrogen-bond acceptors (Lipinski definition) is 5. The highest BCUT2D eigenvalue weighted by Crippen LogP contribution is 1.83. The zero-order valence-electron chi connectivity index (χ0n) is 9.57. The number of rotatable bonds is 12. The lowest BCUT2D eigenvalue weighted by molar-refractivity contribution is -0.0809. The van der Waals surface area contributed by atoms with Gasteiger partial charge in [-0.15, -0.1) is 0 Å². The van der Waals surface area contributed by atoms with Crippen molar-refractivity contribution in [3.63, 3.8) is 0 Å². The van der Waals surface area contributed by atoms with Gasteiger partial charge in [-0.2, -0.15) is 0 Å². The molecule has 0 unspecified atom stereocenters. The second kappa shape index (κ2) is 13.8. The van der Waals surface area contributed by atoms with Crippen LogP contribution in [-0.2, 0) is 18.9 Å². The minimum absolute atomic E-state index is 0.293. The van der Waals surface area contributed by atoms with Gasteiger partial charge in [-0.05, 0) is 6.42 Å². The van der Waals surface area contributed by atoms with Gasteiger partial charge in [-0.1, -0.05) is 6.92 Å². The summed E-state index contributed by atoms with van der Waals surface area (Å²) in [4.78, 5) is 0. The molecule has 5 nitrogen and oxygen atoms in total. The maximum Gasteiger partial charge on any atom is 0.146 e. The Kier molecular flexibility index (Phi) is 13.6. The minimum Gasteiger partial charge on any atom is -0.379 e. The normalized spacial score (nSPS) is 10.8. The van der Waals surface area contributed by atoms with Crippen LogP contribution in [0.1, 0.15) is 13.3 Å². The van der Waals surface area contributed by atoms with Gasteiger partial charge in [0.1, 0.15) is 6.79 Å². The molecule has 0 aliphatic rings. The minimum atomic E-state index is 0.293. The molecule has 0 saturated carbocycles. The molecular weight excluding hydrogens is 198 g/mol. The van der Waals surface area contributed by atoms with E-state index >= 15 is 0 Å². The SMILES string of the molecule is CCCOCCOCOCCOCCN. The molecule has 0 amide bonds. The molecule has 0 aliphatic carbocycles. The topological polar surface area (TPSA) is 62.9 Å². The average Bonchev–Trinajstić information content (AvgIpc) is 2.26. The van der Waals surface area contributed by atoms with E-state index in [0.717, 1.165) is 13.0 Å². The predicted octanol–water partition coefficient (Wildman–Crippen LogP) is 0.379. The molecule has 5 heteroatoms. The van der Waals surface area contributed by atoms with Gasteiger partial charge >= 0.3 is 0 Å². The van der Waals surface area contributed by atoms with Crippen molar-refractivity contribution in [3.8, 4) is 0 Å². The lowest BCUT2D eigenvalue weighted by Crippen LogP contribution is -2.13. The average molecular weight is 221 g/mol. The monoisotopic (exact) mass is 221 g/mol. The van der Waals surface area contributed by atoms with Crippen molar-refractivity contribution in [2.75, 3.05) is 53.0 Å². The van der Waals surface area contributed by atoms with Gasteiger partial charge in [-0.25, -0.2) is 0 Å². The Hall–Kier alpha value is -0.200. The van der Waals surface area contributed by atoms with Crippen LogP contribution in [0.2, 0.25) is 0 Å². The van der Waals surface area contributed by atoms with Crippen LogP contribution < -0.4 is 5.73 Å². The highest BCUT2D eigenvalue weighted by atomic mass is 16.7. The summed E-state index contributed by atoms with van der Waals surface area (Å²) in [5.41, 5.74) is 5.24. The number of hydrogen-bond donors (Lipinski definition) is 1. The molecule has 0 aromatic rings. The predicted molar refractivity (Wildman–Crippen MR) is 57.8 cm³/mol. The molecule has 0 radical (unpaired) electrons. The Morgan fingerprint density at radius 1 is 0.733 bits per heavy atom. The maximum atomic E-state index is 5.24. The molecule has 15 heavy (non-hydrogen) atoms. The van der Waals surface area contributed by atoms with E-state index in [1.54, 1.807) is 0 Å². The molecule has 0 fully saturated rings. The summed E-state index contributed by atoms with van der Waals surface area (Å²) in [5.74, 6) is 0. The van der Waals surface area contributed by atoms with E-state index in [0.29, 0.717) is 46.4 Å². The first-order valence-corrected chi connectivity index (χ1v) is 5.42. The van der Waals surface area contributed by atoms with Crippen molar-refractivity contribution >= 4 is 0 Å². The molecule has 0 bridgehead atoms. The highest BCUT2D eigenvalue weighted by Gasteiger charge is 1.90. The molecule has 2 N–H and O–H groups in total. The molecule has 0 aromatic heterocycles. The summed E-state index contributed by atoms with van der Waals surface area (Å²) < 4.78 is 20.6. The largest absolute Gasteiger partial charge is 0.379 e. The quantitative estimate of drug-likeness (QED) is 0.381. The fraction of sp³-hybridized carbons (Fsp3) is 1.00. The third-order valence-corrected chi connectivity index (χ3v) is 1.52. The zero-order valence-corrected chi connectivity index (χ0v) is 9.57. The Balaban J connectivity index is 2.81. The molecule has 92 valence electrons. The summed E-state index contributed by atoms with van der Waals surface area (Å²) in [6, 6.07) is 0. The van der Waals surface area contributed by atoms with E-state index in [2.05, 4.69) is 6.92 Å². The Morgan fingerprint density at radius 3 is 1.80 bits per heavy atom. The van der Waals surface area contributed by atoms with Crippen molar-refractivity contribution < 1.29 is 18.9 Å². The smallest absolute Gasteiger partial charge is 0.146 e.